The summed E-state index contributed by atoms with van der Waals surface area (Å²) < 4.78 is 0.852. The molecule has 0 fully saturated rings. The maximum absolute atomic E-state index is 2.45. The Morgan fingerprint density at radius 3 is 1.33 bits per heavy atom. The fourth-order valence-corrected chi connectivity index (χ4v) is 4.88. The van der Waals surface area contributed by atoms with E-state index in [2.05, 4.69) is 39.3 Å². The Labute approximate surface area is 80.8 Å². The van der Waals surface area contributed by atoms with E-state index in [0.717, 1.165) is 4.78 Å². The van der Waals surface area contributed by atoms with Crippen LogP contribution in [0.25, 0.3) is 0 Å². The normalized spacial score (nSPS) is 19.5. The summed E-state index contributed by atoms with van der Waals surface area (Å²) in [6.07, 6.45) is 0. The minimum Gasteiger partial charge on any atom is -0.105 e. The first-order chi connectivity index (χ1) is 5.46. The summed E-state index contributed by atoms with van der Waals surface area (Å²) >= 11 is -0.531. The molecule has 0 aromatic rings. The van der Waals surface area contributed by atoms with Gasteiger partial charge in [0.25, 0.3) is 14.1 Å². The second-order valence-electron chi connectivity index (χ2n) is 4.34. The first-order valence-electron chi connectivity index (χ1n) is 4.82. The molecule has 0 aromatic heterocycles. The molecule has 0 nitrogen and oxygen atoms in total. The third kappa shape index (κ3) is 1.41. The van der Waals surface area contributed by atoms with E-state index in [9.17, 15) is 0 Å². The average molecular weight is 178 g/mol. The molecular weight excluding hydrogens is 159 g/mol. The second-order valence-corrected chi connectivity index (χ2v) is 7.49. The van der Waals surface area contributed by atoms with Gasteiger partial charge in [-0.05, 0) is 32.5 Å². The summed E-state index contributed by atoms with van der Waals surface area (Å²) in [7, 11) is 0. The molecular formula is C11H19Al. The zero-order chi connectivity index (χ0) is 9.46. The van der Waals surface area contributed by atoms with E-state index in [1.165, 1.54) is 0 Å². The third-order valence-corrected chi connectivity index (χ3v) is 5.68. The van der Waals surface area contributed by atoms with E-state index < -0.39 is 14.1 Å². The van der Waals surface area contributed by atoms with Crippen LogP contribution in [0.2, 0.25) is 16.4 Å². The molecule has 12 heavy (non-hydrogen) atoms. The highest BCUT2D eigenvalue weighted by molar-refractivity contribution is 6.59. The standard InChI is InChI=1S/C9H13.2CH3.Al/c1-6-5-7(2)9(4)8(6)3;;;/h5H,1-4H3;2*1H3;. The Morgan fingerprint density at radius 2 is 1.17 bits per heavy atom. The van der Waals surface area contributed by atoms with Gasteiger partial charge in [0, 0.05) is 0 Å². The quantitative estimate of drug-likeness (QED) is 0.536. The van der Waals surface area contributed by atoms with Crippen molar-refractivity contribution >= 4 is 14.1 Å². The zero-order valence-corrected chi connectivity index (χ0v) is 10.3. The van der Waals surface area contributed by atoms with Crippen molar-refractivity contribution in [2.45, 2.75) is 44.0 Å². The topological polar surface area (TPSA) is 0 Å². The van der Waals surface area contributed by atoms with Crippen LogP contribution >= 0.6 is 0 Å². The van der Waals surface area contributed by atoms with Gasteiger partial charge in [-0.2, -0.15) is 0 Å². The lowest BCUT2D eigenvalue weighted by Gasteiger charge is -2.15. The molecule has 0 bridgehead atoms. The van der Waals surface area contributed by atoms with Gasteiger partial charge < -0.3 is 0 Å². The van der Waals surface area contributed by atoms with E-state index in [-0.39, 0.29) is 0 Å². The summed E-state index contributed by atoms with van der Waals surface area (Å²) in [6, 6.07) is 0. The molecule has 66 valence electrons. The van der Waals surface area contributed by atoms with Gasteiger partial charge in [0.1, 0.15) is 0 Å². The van der Waals surface area contributed by atoms with Gasteiger partial charge in [-0.15, -0.1) is 11.6 Å². The van der Waals surface area contributed by atoms with E-state index >= 15 is 0 Å². The third-order valence-electron chi connectivity index (χ3n) is 3.35. The van der Waals surface area contributed by atoms with Crippen LogP contribution in [0.1, 0.15) is 27.7 Å². The molecule has 0 radical (unpaired) electrons. The molecule has 0 aromatic carbocycles. The van der Waals surface area contributed by atoms with Gasteiger partial charge in [-0.1, -0.05) is 22.3 Å². The smallest absolute Gasteiger partial charge is 0.105 e. The Hall–Kier alpha value is 0.0125. The van der Waals surface area contributed by atoms with Crippen LogP contribution < -0.4 is 0 Å². The molecule has 0 aliphatic heterocycles. The Bertz CT molecular complexity index is 232. The molecule has 0 saturated heterocycles. The zero-order valence-electron chi connectivity index (χ0n) is 9.15. The van der Waals surface area contributed by atoms with Crippen LogP contribution in [0.3, 0.4) is 0 Å². The van der Waals surface area contributed by atoms with Crippen LogP contribution in [0.5, 0.6) is 0 Å². The van der Waals surface area contributed by atoms with Crippen LogP contribution in [-0.4, -0.2) is 14.1 Å². The van der Waals surface area contributed by atoms with Crippen molar-refractivity contribution < 1.29 is 0 Å². The van der Waals surface area contributed by atoms with Crippen molar-refractivity contribution in [3.05, 3.63) is 22.3 Å². The highest BCUT2D eigenvalue weighted by Crippen LogP contribution is 2.42. The highest BCUT2D eigenvalue weighted by atomic mass is 27.2. The molecule has 0 saturated carbocycles. The van der Waals surface area contributed by atoms with Gasteiger partial charge >= 0.3 is 0 Å². The van der Waals surface area contributed by atoms with Crippen molar-refractivity contribution in [2.24, 2.45) is 0 Å². The lowest BCUT2D eigenvalue weighted by molar-refractivity contribution is 1.09. The number of allylic oxidation sites excluding steroid dienone is 4. The van der Waals surface area contributed by atoms with E-state index in [1.54, 1.807) is 22.3 Å². The number of rotatable bonds is 1. The van der Waals surface area contributed by atoms with Crippen molar-refractivity contribution in [3.63, 3.8) is 0 Å². The Balaban J connectivity index is 3.08. The van der Waals surface area contributed by atoms with Gasteiger partial charge in [0.15, 0.2) is 0 Å². The molecule has 0 atom stereocenters. The van der Waals surface area contributed by atoms with Crippen molar-refractivity contribution in [1.82, 2.24) is 0 Å². The maximum atomic E-state index is 2.45. The van der Waals surface area contributed by atoms with Crippen LogP contribution in [0.4, 0.5) is 0 Å². The predicted octanol–water partition coefficient (Wildman–Crippen LogP) is 3.80. The molecule has 0 amide bonds. The highest BCUT2D eigenvalue weighted by Gasteiger charge is 2.28. The van der Waals surface area contributed by atoms with Gasteiger partial charge in [-0.3, -0.25) is 0 Å². The van der Waals surface area contributed by atoms with Crippen LogP contribution in [0, 0.1) is 0 Å². The minimum atomic E-state index is -0.531. The molecule has 1 aliphatic carbocycles. The summed E-state index contributed by atoms with van der Waals surface area (Å²) in [5.41, 5.74) is 6.40. The Morgan fingerprint density at radius 1 is 0.833 bits per heavy atom. The fourth-order valence-electron chi connectivity index (χ4n) is 2.38. The lowest BCUT2D eigenvalue weighted by atomic mass is 10.1. The van der Waals surface area contributed by atoms with E-state index in [1.807, 2.05) is 0 Å². The SMILES string of the molecule is CC1=C(C)[CH]([Al]([CH3])[CH3])C(C)=C1C. The monoisotopic (exact) mass is 178 g/mol. The van der Waals surface area contributed by atoms with E-state index in [4.69, 9.17) is 0 Å². The molecule has 1 rings (SSSR count). The van der Waals surface area contributed by atoms with Crippen molar-refractivity contribution in [2.75, 3.05) is 0 Å². The largest absolute Gasteiger partial charge is 0.270 e. The molecule has 1 aliphatic rings. The first kappa shape index (κ1) is 10.1. The lowest BCUT2D eigenvalue weighted by Crippen LogP contribution is -2.12. The summed E-state index contributed by atoms with van der Waals surface area (Å²) in [5.74, 6) is 4.90. The molecule has 0 N–H and O–H groups in total. The van der Waals surface area contributed by atoms with Gasteiger partial charge in [-0.25, -0.2) is 0 Å². The molecule has 0 unspecified atom stereocenters. The molecule has 1 heteroatoms. The average Bonchev–Trinajstić information content (AvgIpc) is 2.16. The van der Waals surface area contributed by atoms with Crippen LogP contribution in [0.15, 0.2) is 22.3 Å². The second kappa shape index (κ2) is 3.40. The first-order valence-corrected chi connectivity index (χ1v) is 7.79. The van der Waals surface area contributed by atoms with Crippen molar-refractivity contribution in [3.8, 4) is 0 Å². The van der Waals surface area contributed by atoms with Gasteiger partial charge in [0.2, 0.25) is 0 Å². The Kier molecular flexibility index (Phi) is 2.86. The van der Waals surface area contributed by atoms with Gasteiger partial charge in [0.05, 0.1) is 0 Å². The predicted molar refractivity (Wildman–Crippen MR) is 58.0 cm³/mol. The van der Waals surface area contributed by atoms with Crippen LogP contribution in [-0.2, 0) is 0 Å². The summed E-state index contributed by atoms with van der Waals surface area (Å²) in [6.45, 7) is 9.16. The fraction of sp³-hybridized carbons (Fsp3) is 0.636. The maximum Gasteiger partial charge on any atom is 0.270 e. The van der Waals surface area contributed by atoms with E-state index in [0.29, 0.717) is 0 Å². The number of hydrogen-bond donors (Lipinski definition) is 0. The number of hydrogen-bond acceptors (Lipinski definition) is 0. The van der Waals surface area contributed by atoms with Crippen molar-refractivity contribution in [1.29, 1.82) is 0 Å². The minimum absolute atomic E-state index is 0.531. The molecule has 0 spiro atoms. The molecule has 0 heterocycles. The summed E-state index contributed by atoms with van der Waals surface area (Å²) in [5, 5.41) is 0. The summed E-state index contributed by atoms with van der Waals surface area (Å²) in [4.78, 5) is 0.